The minimum Gasteiger partial charge on any atom is -0.378 e. The van der Waals surface area contributed by atoms with Crippen LogP contribution in [0.2, 0.25) is 0 Å². The van der Waals surface area contributed by atoms with E-state index >= 15 is 0 Å². The second-order valence-corrected chi connectivity index (χ2v) is 11.1. The highest BCUT2D eigenvalue weighted by molar-refractivity contribution is 8.00. The van der Waals surface area contributed by atoms with Gasteiger partial charge < -0.3 is 19.6 Å². The third-order valence-corrected chi connectivity index (χ3v) is 7.52. The van der Waals surface area contributed by atoms with Crippen molar-refractivity contribution in [3.05, 3.63) is 36.4 Å². The van der Waals surface area contributed by atoms with Gasteiger partial charge in [-0.3, -0.25) is 4.57 Å². The number of anilines is 4. The lowest BCUT2D eigenvalue weighted by Crippen LogP contribution is -2.21. The van der Waals surface area contributed by atoms with Gasteiger partial charge in [-0.25, -0.2) is 0 Å². The average molecular weight is 409 g/mol. The van der Waals surface area contributed by atoms with Gasteiger partial charge in [0, 0.05) is 89.7 Å². The van der Waals surface area contributed by atoms with Crippen LogP contribution in [0.5, 0.6) is 0 Å². The van der Waals surface area contributed by atoms with Gasteiger partial charge in [0.1, 0.15) is 0 Å². The van der Waals surface area contributed by atoms with E-state index in [1.807, 2.05) is 100 Å². The van der Waals surface area contributed by atoms with Crippen LogP contribution in [0.3, 0.4) is 0 Å². The Balaban J connectivity index is 2.70. The summed E-state index contributed by atoms with van der Waals surface area (Å²) in [6.45, 7) is -3.30. The summed E-state index contributed by atoms with van der Waals surface area (Å²) in [6.07, 6.45) is 0. The van der Waals surface area contributed by atoms with Crippen molar-refractivity contribution in [3.8, 4) is 0 Å². The lowest BCUT2D eigenvalue weighted by molar-refractivity contribution is 0.595. The first-order chi connectivity index (χ1) is 12.4. The molecule has 0 atom stereocenters. The Hall–Kier alpha value is -1.84. The first-order valence-electron chi connectivity index (χ1n) is 8.74. The van der Waals surface area contributed by atoms with Crippen molar-refractivity contribution in [2.24, 2.45) is 0 Å². The Labute approximate surface area is 168 Å². The highest BCUT2D eigenvalue weighted by atomic mass is 35.7. The van der Waals surface area contributed by atoms with Crippen LogP contribution in [-0.2, 0) is 4.57 Å². The van der Waals surface area contributed by atoms with Gasteiger partial charge >= 0.3 is 0 Å². The maximum atomic E-state index is 13.8. The zero-order valence-corrected chi connectivity index (χ0v) is 19.1. The van der Waals surface area contributed by atoms with E-state index in [0.717, 1.165) is 22.7 Å². The minimum absolute atomic E-state index is 0.639. The van der Waals surface area contributed by atoms with E-state index in [4.69, 9.17) is 11.2 Å². The molecule has 0 spiro atoms. The molecule has 2 rings (SSSR count). The summed E-state index contributed by atoms with van der Waals surface area (Å²) >= 11 is 6.78. The smallest absolute Gasteiger partial charge is 0.226 e. The van der Waals surface area contributed by atoms with Crippen molar-refractivity contribution in [2.45, 2.75) is 0 Å². The predicted octanol–water partition coefficient (Wildman–Crippen LogP) is 3.42. The SMILES string of the molecule is CN(C)c1cc(N(C)C)cc(P(=O)(Cl)c2cc(N(C)C)cc(N(C)C)c2)c1. The van der Waals surface area contributed by atoms with Crippen molar-refractivity contribution < 1.29 is 4.57 Å². The van der Waals surface area contributed by atoms with Crippen LogP contribution in [-0.4, -0.2) is 56.4 Å². The molecule has 0 bridgehead atoms. The van der Waals surface area contributed by atoms with Gasteiger partial charge in [-0.1, -0.05) is 0 Å². The molecule has 0 saturated carbocycles. The molecular weight excluding hydrogens is 379 g/mol. The Morgan fingerprint density at radius 2 is 0.778 bits per heavy atom. The highest BCUT2D eigenvalue weighted by Gasteiger charge is 2.27. The Morgan fingerprint density at radius 3 is 0.963 bits per heavy atom. The standard InChI is InChI=1S/C20H30ClN4OP/c1-22(2)15-9-16(23(3)4)12-19(11-15)27(21,26)20-13-17(24(5)6)10-18(14-20)25(7)8/h9-14H,1-8H3. The normalized spacial score (nSPS) is 11.3. The summed E-state index contributed by atoms with van der Waals surface area (Å²) in [5.41, 5.74) is 3.87. The number of halogens is 1. The van der Waals surface area contributed by atoms with Gasteiger partial charge in [0.15, 0.2) is 0 Å². The Bertz CT molecular complexity index is 745. The quantitative estimate of drug-likeness (QED) is 0.683. The molecule has 0 radical (unpaired) electrons. The molecule has 0 aliphatic heterocycles. The first-order valence-corrected chi connectivity index (χ1v) is 11.3. The second-order valence-electron chi connectivity index (χ2n) is 7.53. The predicted molar refractivity (Wildman–Crippen MR) is 123 cm³/mol. The van der Waals surface area contributed by atoms with Crippen LogP contribution in [0.1, 0.15) is 0 Å². The molecule has 148 valence electrons. The molecule has 7 heteroatoms. The van der Waals surface area contributed by atoms with Crippen LogP contribution in [0, 0.1) is 0 Å². The molecule has 0 saturated heterocycles. The van der Waals surface area contributed by atoms with Crippen molar-refractivity contribution in [2.75, 3.05) is 76.0 Å². The van der Waals surface area contributed by atoms with Crippen LogP contribution >= 0.6 is 17.7 Å². The molecule has 0 aliphatic carbocycles. The molecule has 0 aromatic heterocycles. The topological polar surface area (TPSA) is 30.0 Å². The highest BCUT2D eigenvalue weighted by Crippen LogP contribution is 2.51. The third kappa shape index (κ3) is 4.72. The number of rotatable bonds is 6. The van der Waals surface area contributed by atoms with Gasteiger partial charge in [0.2, 0.25) is 6.49 Å². The van der Waals surface area contributed by atoms with Crippen molar-refractivity contribution >= 4 is 51.1 Å². The molecule has 0 N–H and O–H groups in total. The summed E-state index contributed by atoms with van der Waals surface area (Å²) in [7, 11) is 15.7. The van der Waals surface area contributed by atoms with Gasteiger partial charge in [-0.05, 0) is 47.6 Å². The van der Waals surface area contributed by atoms with E-state index in [2.05, 4.69) is 12.1 Å². The number of hydrogen-bond acceptors (Lipinski definition) is 5. The summed E-state index contributed by atoms with van der Waals surface area (Å²) in [5, 5.41) is 1.28. The molecule has 0 fully saturated rings. The summed E-state index contributed by atoms with van der Waals surface area (Å²) in [6, 6.07) is 11.8. The lowest BCUT2D eigenvalue weighted by atomic mass is 10.2. The van der Waals surface area contributed by atoms with Crippen LogP contribution in [0.25, 0.3) is 0 Å². The fourth-order valence-corrected chi connectivity index (χ4v) is 4.75. The van der Waals surface area contributed by atoms with Crippen LogP contribution in [0.15, 0.2) is 36.4 Å². The van der Waals surface area contributed by atoms with Gasteiger partial charge in [0.25, 0.3) is 0 Å². The molecule has 0 amide bonds. The number of benzene rings is 2. The molecule has 5 nitrogen and oxygen atoms in total. The van der Waals surface area contributed by atoms with E-state index < -0.39 is 6.49 Å². The molecule has 27 heavy (non-hydrogen) atoms. The maximum Gasteiger partial charge on any atom is 0.226 e. The maximum absolute atomic E-state index is 13.8. The Kier molecular flexibility index (Phi) is 6.39. The summed E-state index contributed by atoms with van der Waals surface area (Å²) in [5.74, 6) is 0. The summed E-state index contributed by atoms with van der Waals surface area (Å²) in [4.78, 5) is 7.98. The van der Waals surface area contributed by atoms with Crippen molar-refractivity contribution in [1.82, 2.24) is 0 Å². The van der Waals surface area contributed by atoms with E-state index in [-0.39, 0.29) is 0 Å². The Morgan fingerprint density at radius 1 is 0.556 bits per heavy atom. The fourth-order valence-electron chi connectivity index (χ4n) is 2.67. The van der Waals surface area contributed by atoms with Crippen molar-refractivity contribution in [3.63, 3.8) is 0 Å². The third-order valence-electron chi connectivity index (χ3n) is 4.50. The van der Waals surface area contributed by atoms with Crippen LogP contribution in [0.4, 0.5) is 22.7 Å². The number of nitrogens with zero attached hydrogens (tertiary/aromatic N) is 4. The van der Waals surface area contributed by atoms with Gasteiger partial charge in [-0.2, -0.15) is 0 Å². The molecule has 0 aliphatic rings. The number of hydrogen-bond donors (Lipinski definition) is 0. The minimum atomic E-state index is -3.30. The van der Waals surface area contributed by atoms with E-state index in [0.29, 0.717) is 10.6 Å². The van der Waals surface area contributed by atoms with E-state index in [9.17, 15) is 4.57 Å². The molecule has 0 unspecified atom stereocenters. The average Bonchev–Trinajstić information content (AvgIpc) is 2.60. The largest absolute Gasteiger partial charge is 0.378 e. The molecule has 0 heterocycles. The van der Waals surface area contributed by atoms with Gasteiger partial charge in [-0.15, -0.1) is 0 Å². The fraction of sp³-hybridized carbons (Fsp3) is 0.400. The van der Waals surface area contributed by atoms with Crippen LogP contribution < -0.4 is 30.2 Å². The molecule has 2 aromatic rings. The van der Waals surface area contributed by atoms with E-state index in [1.165, 1.54) is 0 Å². The summed E-state index contributed by atoms with van der Waals surface area (Å²) < 4.78 is 13.8. The zero-order chi connectivity index (χ0) is 20.5. The lowest BCUT2D eigenvalue weighted by Gasteiger charge is -2.24. The van der Waals surface area contributed by atoms with E-state index in [1.54, 1.807) is 0 Å². The molecule has 2 aromatic carbocycles. The van der Waals surface area contributed by atoms with Gasteiger partial charge in [0.05, 0.1) is 0 Å². The first kappa shape index (κ1) is 21.5. The van der Waals surface area contributed by atoms with Crippen molar-refractivity contribution in [1.29, 1.82) is 0 Å². The molecular formula is C20H30ClN4OP. The zero-order valence-electron chi connectivity index (χ0n) is 17.5. The monoisotopic (exact) mass is 408 g/mol. The second kappa shape index (κ2) is 8.04.